The zero-order chi connectivity index (χ0) is 14.2. The Morgan fingerprint density at radius 3 is 2.20 bits per heavy atom. The van der Waals surface area contributed by atoms with Gasteiger partial charge in [0.25, 0.3) is 0 Å². The Kier molecular flexibility index (Phi) is 5.33. The van der Waals surface area contributed by atoms with E-state index >= 15 is 0 Å². The Morgan fingerprint density at radius 2 is 1.55 bits per heavy atom. The molecule has 0 fully saturated rings. The van der Waals surface area contributed by atoms with Gasteiger partial charge in [0.1, 0.15) is 0 Å². The van der Waals surface area contributed by atoms with Gasteiger partial charge in [-0.3, -0.25) is 10.0 Å². The van der Waals surface area contributed by atoms with E-state index in [1.807, 2.05) is 18.2 Å². The number of unbranched alkanes of at least 4 members (excludes halogenated alkanes) is 1. The summed E-state index contributed by atoms with van der Waals surface area (Å²) in [4.78, 5) is 10.9. The van der Waals surface area contributed by atoms with Crippen molar-refractivity contribution in [2.75, 3.05) is 0 Å². The van der Waals surface area contributed by atoms with Crippen LogP contribution in [0.15, 0.2) is 54.6 Å². The summed E-state index contributed by atoms with van der Waals surface area (Å²) >= 11 is 0. The fraction of sp³-hybridized carbons (Fsp3) is 0.235. The highest BCUT2D eigenvalue weighted by atomic mass is 16.5. The van der Waals surface area contributed by atoms with Crippen molar-refractivity contribution in [1.82, 2.24) is 5.48 Å². The number of rotatable bonds is 6. The van der Waals surface area contributed by atoms with E-state index in [4.69, 9.17) is 5.21 Å². The van der Waals surface area contributed by atoms with Crippen LogP contribution in [0.4, 0.5) is 0 Å². The van der Waals surface area contributed by atoms with E-state index in [0.29, 0.717) is 6.42 Å². The molecular formula is C17H19NO2. The van der Waals surface area contributed by atoms with Gasteiger partial charge >= 0.3 is 0 Å². The van der Waals surface area contributed by atoms with Crippen LogP contribution in [0.3, 0.4) is 0 Å². The molecule has 104 valence electrons. The molecule has 3 heteroatoms. The van der Waals surface area contributed by atoms with Crippen molar-refractivity contribution in [2.24, 2.45) is 0 Å². The number of amides is 1. The lowest BCUT2D eigenvalue weighted by Crippen LogP contribution is -2.17. The van der Waals surface area contributed by atoms with Crippen LogP contribution >= 0.6 is 0 Å². The second kappa shape index (κ2) is 7.46. The van der Waals surface area contributed by atoms with E-state index in [1.54, 1.807) is 5.48 Å². The molecule has 2 N–H and O–H groups in total. The molecule has 0 radical (unpaired) electrons. The molecule has 0 bridgehead atoms. The number of aryl methyl sites for hydroxylation is 1. The molecule has 0 heterocycles. The summed E-state index contributed by atoms with van der Waals surface area (Å²) in [7, 11) is 0. The third-order valence-corrected chi connectivity index (χ3v) is 3.31. The van der Waals surface area contributed by atoms with Crippen LogP contribution in [0.1, 0.15) is 24.8 Å². The van der Waals surface area contributed by atoms with Gasteiger partial charge in [0.2, 0.25) is 5.91 Å². The van der Waals surface area contributed by atoms with Crippen molar-refractivity contribution in [2.45, 2.75) is 25.7 Å². The molecule has 0 spiro atoms. The summed E-state index contributed by atoms with van der Waals surface area (Å²) in [5.41, 5.74) is 5.36. The lowest BCUT2D eigenvalue weighted by atomic mass is 10.0. The van der Waals surface area contributed by atoms with Crippen LogP contribution in [-0.2, 0) is 11.2 Å². The molecule has 0 aliphatic carbocycles. The minimum atomic E-state index is -0.315. The maximum Gasteiger partial charge on any atom is 0.243 e. The van der Waals surface area contributed by atoms with E-state index in [-0.39, 0.29) is 5.91 Å². The van der Waals surface area contributed by atoms with Gasteiger partial charge in [-0.25, -0.2) is 5.48 Å². The SMILES string of the molecule is O=C(CCCCc1ccc(-c2ccccc2)cc1)NO. The van der Waals surface area contributed by atoms with Crippen LogP contribution in [-0.4, -0.2) is 11.1 Å². The summed E-state index contributed by atoms with van der Waals surface area (Å²) in [6, 6.07) is 18.8. The first-order valence-electron chi connectivity index (χ1n) is 6.87. The summed E-state index contributed by atoms with van der Waals surface area (Å²) in [6.07, 6.45) is 3.05. The molecule has 0 saturated heterocycles. The minimum Gasteiger partial charge on any atom is -0.289 e. The molecule has 20 heavy (non-hydrogen) atoms. The first-order valence-corrected chi connectivity index (χ1v) is 6.87. The molecule has 1 amide bonds. The highest BCUT2D eigenvalue weighted by Crippen LogP contribution is 2.19. The third-order valence-electron chi connectivity index (χ3n) is 3.31. The number of carbonyl (C=O) groups excluding carboxylic acids is 1. The van der Waals surface area contributed by atoms with E-state index in [1.165, 1.54) is 16.7 Å². The topological polar surface area (TPSA) is 49.3 Å². The largest absolute Gasteiger partial charge is 0.289 e. The predicted octanol–water partition coefficient (Wildman–Crippen LogP) is 3.57. The Bertz CT molecular complexity index is 535. The van der Waals surface area contributed by atoms with Crippen molar-refractivity contribution in [3.8, 4) is 11.1 Å². The van der Waals surface area contributed by atoms with Crippen LogP contribution in [0.2, 0.25) is 0 Å². The first-order chi connectivity index (χ1) is 9.79. The molecule has 0 saturated carbocycles. The van der Waals surface area contributed by atoms with E-state index in [0.717, 1.165) is 19.3 Å². The lowest BCUT2D eigenvalue weighted by Gasteiger charge is -2.04. The molecule has 0 unspecified atom stereocenters. The average Bonchev–Trinajstić information content (AvgIpc) is 2.52. The molecule has 0 aliphatic rings. The van der Waals surface area contributed by atoms with Crippen molar-refractivity contribution in [3.63, 3.8) is 0 Å². The molecule has 2 aromatic rings. The maximum atomic E-state index is 10.9. The first kappa shape index (κ1) is 14.3. The normalized spacial score (nSPS) is 10.2. The summed E-state index contributed by atoms with van der Waals surface area (Å²) in [5.74, 6) is -0.315. The van der Waals surface area contributed by atoms with Crippen molar-refractivity contribution < 1.29 is 10.0 Å². The van der Waals surface area contributed by atoms with E-state index < -0.39 is 0 Å². The van der Waals surface area contributed by atoms with E-state index in [2.05, 4.69) is 36.4 Å². The number of benzene rings is 2. The summed E-state index contributed by atoms with van der Waals surface area (Å²) in [6.45, 7) is 0. The fourth-order valence-electron chi connectivity index (χ4n) is 2.17. The third kappa shape index (κ3) is 4.21. The second-order valence-corrected chi connectivity index (χ2v) is 4.81. The predicted molar refractivity (Wildman–Crippen MR) is 79.4 cm³/mol. The van der Waals surface area contributed by atoms with Gasteiger partial charge in [-0.1, -0.05) is 54.6 Å². The maximum absolute atomic E-state index is 10.9. The molecule has 2 rings (SSSR count). The summed E-state index contributed by atoms with van der Waals surface area (Å²) in [5, 5.41) is 8.39. The second-order valence-electron chi connectivity index (χ2n) is 4.81. The smallest absolute Gasteiger partial charge is 0.243 e. The standard InChI is InChI=1S/C17H19NO2/c19-17(18-20)9-5-4-6-14-10-12-16(13-11-14)15-7-2-1-3-8-15/h1-3,7-8,10-13,20H,4-6,9H2,(H,18,19). The van der Waals surface area contributed by atoms with Crippen LogP contribution in [0.25, 0.3) is 11.1 Å². The zero-order valence-electron chi connectivity index (χ0n) is 11.4. The summed E-state index contributed by atoms with van der Waals surface area (Å²) < 4.78 is 0. The number of hydrogen-bond acceptors (Lipinski definition) is 2. The molecular weight excluding hydrogens is 250 g/mol. The molecule has 0 atom stereocenters. The van der Waals surface area contributed by atoms with Crippen molar-refractivity contribution in [3.05, 3.63) is 60.2 Å². The Hall–Kier alpha value is -2.13. The fourth-order valence-corrected chi connectivity index (χ4v) is 2.17. The van der Waals surface area contributed by atoms with Crippen molar-refractivity contribution >= 4 is 5.91 Å². The number of hydrogen-bond donors (Lipinski definition) is 2. The van der Waals surface area contributed by atoms with Crippen LogP contribution in [0.5, 0.6) is 0 Å². The molecule has 0 aliphatic heterocycles. The van der Waals surface area contributed by atoms with Gasteiger partial charge in [-0.2, -0.15) is 0 Å². The van der Waals surface area contributed by atoms with Gasteiger partial charge in [0, 0.05) is 6.42 Å². The lowest BCUT2D eigenvalue weighted by molar-refractivity contribution is -0.129. The number of hydroxylamine groups is 1. The van der Waals surface area contributed by atoms with Gasteiger partial charge in [-0.15, -0.1) is 0 Å². The van der Waals surface area contributed by atoms with Crippen LogP contribution < -0.4 is 5.48 Å². The monoisotopic (exact) mass is 269 g/mol. The van der Waals surface area contributed by atoms with Gasteiger partial charge in [-0.05, 0) is 36.0 Å². The molecule has 0 aromatic heterocycles. The highest BCUT2D eigenvalue weighted by Gasteiger charge is 2.00. The van der Waals surface area contributed by atoms with Crippen molar-refractivity contribution in [1.29, 1.82) is 0 Å². The Labute approximate surface area is 119 Å². The minimum absolute atomic E-state index is 0.315. The number of nitrogens with one attached hydrogen (secondary N) is 1. The quantitative estimate of drug-likeness (QED) is 0.478. The van der Waals surface area contributed by atoms with Gasteiger partial charge in [0.15, 0.2) is 0 Å². The zero-order valence-corrected chi connectivity index (χ0v) is 11.4. The van der Waals surface area contributed by atoms with Gasteiger partial charge < -0.3 is 0 Å². The van der Waals surface area contributed by atoms with Crippen LogP contribution in [0, 0.1) is 0 Å². The molecule has 3 nitrogen and oxygen atoms in total. The highest BCUT2D eigenvalue weighted by molar-refractivity contribution is 5.74. The van der Waals surface area contributed by atoms with Gasteiger partial charge in [0.05, 0.1) is 0 Å². The number of carbonyl (C=O) groups is 1. The Morgan fingerprint density at radius 1 is 0.900 bits per heavy atom. The molecule has 2 aromatic carbocycles. The average molecular weight is 269 g/mol. The Balaban J connectivity index is 1.85. The van der Waals surface area contributed by atoms with E-state index in [9.17, 15) is 4.79 Å².